The fourth-order valence-electron chi connectivity index (χ4n) is 1.47. The molecule has 3 N–H and O–H groups in total. The molecule has 88 valence electrons. The largest absolute Gasteiger partial charge is 0.370 e. The van der Waals surface area contributed by atoms with Crippen LogP contribution in [0, 0.1) is 5.92 Å². The van der Waals surface area contributed by atoms with Crippen molar-refractivity contribution < 1.29 is 4.79 Å². The summed E-state index contributed by atoms with van der Waals surface area (Å²) in [6, 6.07) is 3.47. The molecule has 1 aromatic heterocycles. The van der Waals surface area contributed by atoms with Crippen molar-refractivity contribution in [3.8, 4) is 0 Å². The molecular weight excluding hydrogens is 202 g/mol. The second-order valence-corrected chi connectivity index (χ2v) is 3.86. The number of pyridine rings is 1. The van der Waals surface area contributed by atoms with Crippen molar-refractivity contribution in [1.82, 2.24) is 4.98 Å². The lowest BCUT2D eigenvalue weighted by Gasteiger charge is -2.13. The smallest absolute Gasteiger partial charge is 0.250 e. The zero-order chi connectivity index (χ0) is 12.0. The summed E-state index contributed by atoms with van der Waals surface area (Å²) in [6.45, 7) is 5.27. The summed E-state index contributed by atoms with van der Waals surface area (Å²) in [4.78, 5) is 15.0. The van der Waals surface area contributed by atoms with Crippen molar-refractivity contribution in [2.24, 2.45) is 11.7 Å². The highest BCUT2D eigenvalue weighted by Gasteiger charge is 2.04. The van der Waals surface area contributed by atoms with E-state index in [1.807, 2.05) is 0 Å². The SMILES string of the molecule is CCC(CC)CNc1ccc(C(N)=O)cn1. The van der Waals surface area contributed by atoms with Gasteiger partial charge in [-0.2, -0.15) is 0 Å². The summed E-state index contributed by atoms with van der Waals surface area (Å²) in [7, 11) is 0. The van der Waals surface area contributed by atoms with E-state index in [1.54, 1.807) is 12.1 Å². The first-order valence-corrected chi connectivity index (χ1v) is 5.67. The molecular formula is C12H19N3O. The molecule has 0 bridgehead atoms. The van der Waals surface area contributed by atoms with Crippen molar-refractivity contribution in [2.45, 2.75) is 26.7 Å². The lowest BCUT2D eigenvalue weighted by Crippen LogP contribution is -2.14. The maximum atomic E-state index is 10.8. The highest BCUT2D eigenvalue weighted by Crippen LogP contribution is 2.10. The Morgan fingerprint density at radius 3 is 2.56 bits per heavy atom. The lowest BCUT2D eigenvalue weighted by molar-refractivity contribution is 0.1000. The van der Waals surface area contributed by atoms with E-state index < -0.39 is 5.91 Å². The first kappa shape index (κ1) is 12.5. The van der Waals surface area contributed by atoms with Gasteiger partial charge in [0.05, 0.1) is 5.56 Å². The summed E-state index contributed by atoms with van der Waals surface area (Å²) < 4.78 is 0. The third kappa shape index (κ3) is 3.53. The van der Waals surface area contributed by atoms with Gasteiger partial charge < -0.3 is 11.1 Å². The molecule has 0 aliphatic carbocycles. The van der Waals surface area contributed by atoms with Crippen molar-refractivity contribution in [1.29, 1.82) is 0 Å². The second-order valence-electron chi connectivity index (χ2n) is 3.86. The Balaban J connectivity index is 2.52. The van der Waals surface area contributed by atoms with Crippen LogP contribution in [0.1, 0.15) is 37.0 Å². The predicted molar refractivity (Wildman–Crippen MR) is 65.3 cm³/mol. The lowest BCUT2D eigenvalue weighted by atomic mass is 10.0. The molecule has 1 rings (SSSR count). The number of hydrogen-bond donors (Lipinski definition) is 2. The van der Waals surface area contributed by atoms with Crippen LogP contribution in [0.25, 0.3) is 0 Å². The summed E-state index contributed by atoms with van der Waals surface area (Å²) in [6.07, 6.45) is 3.81. The summed E-state index contributed by atoms with van der Waals surface area (Å²) in [5.74, 6) is 1.01. The third-order valence-electron chi connectivity index (χ3n) is 2.77. The Labute approximate surface area is 96.3 Å². The Morgan fingerprint density at radius 2 is 2.12 bits per heavy atom. The van der Waals surface area contributed by atoms with Crippen molar-refractivity contribution >= 4 is 11.7 Å². The van der Waals surface area contributed by atoms with Gasteiger partial charge in [0.25, 0.3) is 0 Å². The molecule has 0 aliphatic rings. The average molecular weight is 221 g/mol. The first-order valence-electron chi connectivity index (χ1n) is 5.67. The Kier molecular flexibility index (Phi) is 4.76. The van der Waals surface area contributed by atoms with Gasteiger partial charge in [0, 0.05) is 12.7 Å². The predicted octanol–water partition coefficient (Wildman–Crippen LogP) is 2.03. The van der Waals surface area contributed by atoms with E-state index in [2.05, 4.69) is 24.1 Å². The number of carbonyl (C=O) groups is 1. The maximum absolute atomic E-state index is 10.8. The van der Waals surface area contributed by atoms with Gasteiger partial charge in [-0.25, -0.2) is 4.98 Å². The fraction of sp³-hybridized carbons (Fsp3) is 0.500. The van der Waals surface area contributed by atoms with Gasteiger partial charge in [-0.1, -0.05) is 26.7 Å². The number of amides is 1. The van der Waals surface area contributed by atoms with Crippen LogP contribution in [-0.2, 0) is 0 Å². The number of nitrogens with two attached hydrogens (primary N) is 1. The monoisotopic (exact) mass is 221 g/mol. The molecule has 0 aromatic carbocycles. The quantitative estimate of drug-likeness (QED) is 0.772. The molecule has 1 heterocycles. The van der Waals surface area contributed by atoms with E-state index in [9.17, 15) is 4.79 Å². The number of carbonyl (C=O) groups excluding carboxylic acids is 1. The van der Waals surface area contributed by atoms with Gasteiger partial charge in [-0.05, 0) is 18.1 Å². The van der Waals surface area contributed by atoms with E-state index in [-0.39, 0.29) is 0 Å². The van der Waals surface area contributed by atoms with Gasteiger partial charge >= 0.3 is 0 Å². The molecule has 0 atom stereocenters. The Bertz CT molecular complexity index is 331. The molecule has 0 saturated heterocycles. The van der Waals surface area contributed by atoms with E-state index in [0.29, 0.717) is 11.5 Å². The highest BCUT2D eigenvalue weighted by molar-refractivity contribution is 5.92. The molecule has 0 spiro atoms. The van der Waals surface area contributed by atoms with E-state index in [1.165, 1.54) is 6.20 Å². The number of anilines is 1. The third-order valence-corrected chi connectivity index (χ3v) is 2.77. The summed E-state index contributed by atoms with van der Waals surface area (Å²) >= 11 is 0. The van der Waals surface area contributed by atoms with Gasteiger partial charge in [0.15, 0.2) is 0 Å². The van der Waals surface area contributed by atoms with Crippen LogP contribution >= 0.6 is 0 Å². The minimum absolute atomic E-state index is 0.438. The summed E-state index contributed by atoms with van der Waals surface area (Å²) in [5.41, 5.74) is 5.57. The van der Waals surface area contributed by atoms with Crippen molar-refractivity contribution in [3.63, 3.8) is 0 Å². The molecule has 4 heteroatoms. The van der Waals surface area contributed by atoms with E-state index in [0.717, 1.165) is 25.2 Å². The van der Waals surface area contributed by atoms with Crippen LogP contribution in [0.3, 0.4) is 0 Å². The first-order chi connectivity index (χ1) is 7.67. The van der Waals surface area contributed by atoms with Gasteiger partial charge in [0.2, 0.25) is 5.91 Å². The molecule has 0 saturated carbocycles. The van der Waals surface area contributed by atoms with Gasteiger partial charge in [0.1, 0.15) is 5.82 Å². The Hall–Kier alpha value is -1.58. The zero-order valence-electron chi connectivity index (χ0n) is 9.86. The second kappa shape index (κ2) is 6.10. The van der Waals surface area contributed by atoms with Crippen LogP contribution in [0.15, 0.2) is 18.3 Å². The van der Waals surface area contributed by atoms with Gasteiger partial charge in [-0.3, -0.25) is 4.79 Å². The molecule has 0 fully saturated rings. The van der Waals surface area contributed by atoms with Crippen LogP contribution in [0.4, 0.5) is 5.82 Å². The zero-order valence-corrected chi connectivity index (χ0v) is 9.86. The number of rotatable bonds is 6. The van der Waals surface area contributed by atoms with Crippen LogP contribution < -0.4 is 11.1 Å². The minimum atomic E-state index is -0.445. The van der Waals surface area contributed by atoms with Crippen LogP contribution in [-0.4, -0.2) is 17.4 Å². The molecule has 4 nitrogen and oxygen atoms in total. The minimum Gasteiger partial charge on any atom is -0.370 e. The molecule has 0 aliphatic heterocycles. The molecule has 0 unspecified atom stereocenters. The number of nitrogens with zero attached hydrogens (tertiary/aromatic N) is 1. The molecule has 1 amide bonds. The van der Waals surface area contributed by atoms with E-state index in [4.69, 9.17) is 5.73 Å². The molecule has 0 radical (unpaired) electrons. The highest BCUT2D eigenvalue weighted by atomic mass is 16.1. The fourth-order valence-corrected chi connectivity index (χ4v) is 1.47. The maximum Gasteiger partial charge on any atom is 0.250 e. The number of hydrogen-bond acceptors (Lipinski definition) is 3. The topological polar surface area (TPSA) is 68.0 Å². The number of nitrogens with one attached hydrogen (secondary N) is 1. The van der Waals surface area contributed by atoms with Gasteiger partial charge in [-0.15, -0.1) is 0 Å². The molecule has 16 heavy (non-hydrogen) atoms. The standard InChI is InChI=1S/C12H19N3O/c1-3-9(4-2)7-14-11-6-5-10(8-15-11)12(13)16/h5-6,8-9H,3-4,7H2,1-2H3,(H2,13,16)(H,14,15). The normalized spacial score (nSPS) is 10.4. The van der Waals surface area contributed by atoms with Crippen molar-refractivity contribution in [2.75, 3.05) is 11.9 Å². The van der Waals surface area contributed by atoms with Crippen molar-refractivity contribution in [3.05, 3.63) is 23.9 Å². The number of primary amides is 1. The number of aromatic nitrogens is 1. The summed E-state index contributed by atoms with van der Waals surface area (Å²) in [5, 5.41) is 3.25. The Morgan fingerprint density at radius 1 is 1.44 bits per heavy atom. The average Bonchev–Trinajstić information content (AvgIpc) is 2.31. The van der Waals surface area contributed by atoms with Crippen LogP contribution in [0.2, 0.25) is 0 Å². The van der Waals surface area contributed by atoms with Crippen LogP contribution in [0.5, 0.6) is 0 Å². The van der Waals surface area contributed by atoms with E-state index >= 15 is 0 Å². The molecule has 1 aromatic rings.